The average molecular weight is 413 g/mol. The molecule has 1 aliphatic rings. The van der Waals surface area contributed by atoms with Gasteiger partial charge in [-0.1, -0.05) is 40.2 Å². The summed E-state index contributed by atoms with van der Waals surface area (Å²) in [7, 11) is 0. The summed E-state index contributed by atoms with van der Waals surface area (Å²) in [4.78, 5) is 11.8. The Bertz CT molecular complexity index is 898. The number of hydrogen-bond acceptors (Lipinski definition) is 4. The summed E-state index contributed by atoms with van der Waals surface area (Å²) >= 11 is 3.46. The summed E-state index contributed by atoms with van der Waals surface area (Å²) < 4.78 is 8.71. The van der Waals surface area contributed by atoms with E-state index in [0.717, 1.165) is 66.4 Å². The molecule has 1 saturated heterocycles. The minimum absolute atomic E-state index is 0.752. The maximum absolute atomic E-state index is 5.44. The normalized spacial score (nSPS) is 15.9. The van der Waals surface area contributed by atoms with Gasteiger partial charge in [-0.25, -0.2) is 9.98 Å². The first-order valence-corrected chi connectivity index (χ1v) is 9.64. The van der Waals surface area contributed by atoms with Crippen LogP contribution in [0.1, 0.15) is 5.56 Å². The van der Waals surface area contributed by atoms with Crippen LogP contribution in [0.5, 0.6) is 0 Å². The molecular formula is C20H21BrN4O. The van der Waals surface area contributed by atoms with Crippen molar-refractivity contribution in [3.63, 3.8) is 0 Å². The van der Waals surface area contributed by atoms with E-state index >= 15 is 0 Å². The molecule has 1 aromatic heterocycles. The first-order chi connectivity index (χ1) is 12.8. The first kappa shape index (κ1) is 17.4. The molecule has 0 spiro atoms. The topological polar surface area (TPSA) is 42.7 Å². The number of para-hydroxylation sites is 2. The monoisotopic (exact) mass is 412 g/mol. The number of imidazole rings is 1. The Kier molecular flexibility index (Phi) is 5.43. The maximum Gasteiger partial charge on any atom is 0.230 e. The van der Waals surface area contributed by atoms with Crippen LogP contribution in [-0.2, 0) is 11.3 Å². The van der Waals surface area contributed by atoms with Crippen LogP contribution < -0.4 is 0 Å². The number of hydrogen-bond donors (Lipinski definition) is 0. The third kappa shape index (κ3) is 4.03. The van der Waals surface area contributed by atoms with Crippen molar-refractivity contribution < 1.29 is 4.74 Å². The second-order valence-electron chi connectivity index (χ2n) is 6.32. The lowest BCUT2D eigenvalue weighted by molar-refractivity contribution is 0.0366. The summed E-state index contributed by atoms with van der Waals surface area (Å²) in [6, 6.07) is 16.3. The van der Waals surface area contributed by atoms with E-state index in [2.05, 4.69) is 42.5 Å². The number of benzene rings is 2. The highest BCUT2D eigenvalue weighted by Gasteiger charge is 2.13. The minimum atomic E-state index is 0.752. The fourth-order valence-electron chi connectivity index (χ4n) is 3.13. The largest absolute Gasteiger partial charge is 0.379 e. The number of ether oxygens (including phenoxy) is 1. The molecule has 2 heterocycles. The van der Waals surface area contributed by atoms with Gasteiger partial charge in [-0.3, -0.25) is 4.90 Å². The number of rotatable bonds is 5. The standard InChI is InChI=1S/C20H21BrN4O/c21-17-7-5-16(6-8-17)15-22-20-23-18-3-1-2-4-19(18)25(20)10-9-24-11-13-26-14-12-24/h1-8,15H,9-14H2. The fourth-order valence-corrected chi connectivity index (χ4v) is 3.39. The van der Waals surface area contributed by atoms with Gasteiger partial charge in [-0.2, -0.15) is 0 Å². The highest BCUT2D eigenvalue weighted by molar-refractivity contribution is 9.10. The third-order valence-electron chi connectivity index (χ3n) is 4.58. The summed E-state index contributed by atoms with van der Waals surface area (Å²) in [5, 5.41) is 0. The Labute approximate surface area is 161 Å². The van der Waals surface area contributed by atoms with Crippen LogP contribution >= 0.6 is 15.9 Å². The molecular weight excluding hydrogens is 392 g/mol. The van der Waals surface area contributed by atoms with Crippen molar-refractivity contribution in [2.45, 2.75) is 6.54 Å². The van der Waals surface area contributed by atoms with Gasteiger partial charge in [0.05, 0.1) is 24.2 Å². The molecule has 6 heteroatoms. The van der Waals surface area contributed by atoms with Crippen molar-refractivity contribution in [3.8, 4) is 0 Å². The van der Waals surface area contributed by atoms with E-state index in [1.165, 1.54) is 0 Å². The Morgan fingerprint density at radius 3 is 2.62 bits per heavy atom. The number of fused-ring (bicyclic) bond motifs is 1. The van der Waals surface area contributed by atoms with Crippen molar-refractivity contribution in [1.29, 1.82) is 0 Å². The van der Waals surface area contributed by atoms with Gasteiger partial charge >= 0.3 is 0 Å². The molecule has 4 rings (SSSR count). The molecule has 0 amide bonds. The van der Waals surface area contributed by atoms with E-state index < -0.39 is 0 Å². The van der Waals surface area contributed by atoms with E-state index in [1.54, 1.807) is 0 Å². The van der Waals surface area contributed by atoms with Crippen molar-refractivity contribution in [2.24, 2.45) is 4.99 Å². The Balaban J connectivity index is 1.59. The van der Waals surface area contributed by atoms with Gasteiger partial charge < -0.3 is 9.30 Å². The molecule has 5 nitrogen and oxygen atoms in total. The molecule has 0 N–H and O–H groups in total. The predicted octanol–water partition coefficient (Wildman–Crippen LogP) is 3.88. The average Bonchev–Trinajstić information content (AvgIpc) is 3.04. The van der Waals surface area contributed by atoms with Crippen LogP contribution in [0.2, 0.25) is 0 Å². The Morgan fingerprint density at radius 2 is 1.81 bits per heavy atom. The van der Waals surface area contributed by atoms with E-state index in [4.69, 9.17) is 9.72 Å². The van der Waals surface area contributed by atoms with Crippen molar-refractivity contribution in [2.75, 3.05) is 32.8 Å². The van der Waals surface area contributed by atoms with E-state index in [0.29, 0.717) is 0 Å². The molecule has 0 saturated carbocycles. The molecule has 26 heavy (non-hydrogen) atoms. The lowest BCUT2D eigenvalue weighted by Gasteiger charge is -2.26. The van der Waals surface area contributed by atoms with Gasteiger partial charge in [-0.05, 0) is 29.8 Å². The van der Waals surface area contributed by atoms with Gasteiger partial charge in [0.2, 0.25) is 5.95 Å². The summed E-state index contributed by atoms with van der Waals surface area (Å²) in [6.07, 6.45) is 1.87. The van der Waals surface area contributed by atoms with Crippen LogP contribution in [0.4, 0.5) is 5.95 Å². The van der Waals surface area contributed by atoms with Gasteiger partial charge in [0, 0.05) is 36.9 Å². The molecule has 2 aromatic carbocycles. The molecule has 0 bridgehead atoms. The Hall–Kier alpha value is -2.02. The van der Waals surface area contributed by atoms with Gasteiger partial charge in [0.25, 0.3) is 0 Å². The van der Waals surface area contributed by atoms with Gasteiger partial charge in [0.15, 0.2) is 0 Å². The van der Waals surface area contributed by atoms with Crippen molar-refractivity contribution >= 4 is 39.1 Å². The van der Waals surface area contributed by atoms with Gasteiger partial charge in [0.1, 0.15) is 0 Å². The van der Waals surface area contributed by atoms with Crippen LogP contribution in [0, 0.1) is 0 Å². The van der Waals surface area contributed by atoms with Crippen LogP contribution in [0.25, 0.3) is 11.0 Å². The van der Waals surface area contributed by atoms with E-state index in [-0.39, 0.29) is 0 Å². The molecule has 0 aliphatic carbocycles. The number of aliphatic imine (C=N–C) groups is 1. The maximum atomic E-state index is 5.44. The molecule has 0 unspecified atom stereocenters. The van der Waals surface area contributed by atoms with E-state index in [9.17, 15) is 0 Å². The number of nitrogens with zero attached hydrogens (tertiary/aromatic N) is 4. The van der Waals surface area contributed by atoms with Gasteiger partial charge in [-0.15, -0.1) is 0 Å². The lowest BCUT2D eigenvalue weighted by atomic mass is 10.2. The van der Waals surface area contributed by atoms with Crippen molar-refractivity contribution in [1.82, 2.24) is 14.5 Å². The second-order valence-corrected chi connectivity index (χ2v) is 7.23. The molecule has 0 atom stereocenters. The van der Waals surface area contributed by atoms with E-state index in [1.807, 2.05) is 42.6 Å². The third-order valence-corrected chi connectivity index (χ3v) is 5.11. The zero-order valence-corrected chi connectivity index (χ0v) is 16.1. The molecule has 1 fully saturated rings. The Morgan fingerprint density at radius 1 is 1.04 bits per heavy atom. The highest BCUT2D eigenvalue weighted by atomic mass is 79.9. The molecule has 0 radical (unpaired) electrons. The molecule has 134 valence electrons. The molecule has 3 aromatic rings. The lowest BCUT2D eigenvalue weighted by Crippen LogP contribution is -2.38. The second kappa shape index (κ2) is 8.12. The summed E-state index contributed by atoms with van der Waals surface area (Å²) in [6.45, 7) is 5.46. The highest BCUT2D eigenvalue weighted by Crippen LogP contribution is 2.22. The fraction of sp³-hybridized carbons (Fsp3) is 0.300. The summed E-state index contributed by atoms with van der Waals surface area (Å²) in [5.41, 5.74) is 3.17. The van der Waals surface area contributed by atoms with Crippen molar-refractivity contribution in [3.05, 3.63) is 58.6 Å². The quantitative estimate of drug-likeness (QED) is 0.597. The van der Waals surface area contributed by atoms with Crippen LogP contribution in [-0.4, -0.2) is 53.5 Å². The number of aromatic nitrogens is 2. The SMILES string of the molecule is Brc1ccc(C=Nc2nc3ccccc3n2CCN2CCOCC2)cc1. The zero-order chi connectivity index (χ0) is 17.8. The first-order valence-electron chi connectivity index (χ1n) is 8.84. The van der Waals surface area contributed by atoms with Crippen LogP contribution in [0.3, 0.4) is 0 Å². The van der Waals surface area contributed by atoms with Crippen LogP contribution in [0.15, 0.2) is 58.0 Å². The predicted molar refractivity (Wildman–Crippen MR) is 108 cm³/mol. The smallest absolute Gasteiger partial charge is 0.230 e. The summed E-state index contributed by atoms with van der Waals surface area (Å²) in [5.74, 6) is 0.752. The number of halogens is 1. The number of morpholine rings is 1. The zero-order valence-electron chi connectivity index (χ0n) is 14.5. The minimum Gasteiger partial charge on any atom is -0.379 e. The molecule has 1 aliphatic heterocycles.